The molecule has 0 aromatic heterocycles. The van der Waals surface area contributed by atoms with Gasteiger partial charge >= 0.3 is 12.4 Å². The molecule has 0 saturated heterocycles. The molecule has 3 aromatic rings. The van der Waals surface area contributed by atoms with Crippen LogP contribution in [0.2, 0.25) is 0 Å². The lowest BCUT2D eigenvalue weighted by atomic mass is 9.99. The van der Waals surface area contributed by atoms with Crippen LogP contribution in [0.15, 0.2) is 84.0 Å². The molecule has 3 aromatic carbocycles. The first-order chi connectivity index (χ1) is 15.5. The highest BCUT2D eigenvalue weighted by Crippen LogP contribution is 2.31. The first-order valence-electron chi connectivity index (χ1n) is 9.80. The van der Waals surface area contributed by atoms with E-state index in [4.69, 9.17) is 0 Å². The van der Waals surface area contributed by atoms with Crippen molar-refractivity contribution in [3.05, 3.63) is 107 Å². The number of aryl methyl sites for hydroxylation is 1. The fourth-order valence-corrected chi connectivity index (χ4v) is 3.03. The van der Waals surface area contributed by atoms with E-state index in [1.54, 1.807) is 0 Å². The van der Waals surface area contributed by atoms with Gasteiger partial charge in [-0.2, -0.15) is 31.4 Å². The molecule has 0 fully saturated rings. The zero-order valence-electron chi connectivity index (χ0n) is 17.0. The lowest BCUT2D eigenvalue weighted by Gasteiger charge is -2.13. The number of hydrogen-bond acceptors (Lipinski definition) is 2. The van der Waals surface area contributed by atoms with Crippen LogP contribution in [-0.4, -0.2) is 11.6 Å². The monoisotopic (exact) mass is 464 g/mol. The Morgan fingerprint density at radius 2 is 1.36 bits per heavy atom. The summed E-state index contributed by atoms with van der Waals surface area (Å²) in [5.74, 6) is -0.491. The summed E-state index contributed by atoms with van der Waals surface area (Å²) in [6.45, 7) is 0. The van der Waals surface area contributed by atoms with Gasteiger partial charge in [-0.3, -0.25) is 4.79 Å². The Kier molecular flexibility index (Phi) is 7.20. The number of nitrogens with zero attached hydrogens (tertiary/aromatic N) is 1. The largest absolute Gasteiger partial charge is 0.416 e. The first-order valence-corrected chi connectivity index (χ1v) is 9.80. The SMILES string of the molecule is O=C(CCc1ccccc1)N/N=C(/c1ccc(C(F)(F)F)cc1)c1cccc(C(F)(F)F)c1. The summed E-state index contributed by atoms with van der Waals surface area (Å²) >= 11 is 0. The zero-order valence-corrected chi connectivity index (χ0v) is 17.0. The second-order valence-electron chi connectivity index (χ2n) is 7.13. The van der Waals surface area contributed by atoms with Crippen molar-refractivity contribution in [2.75, 3.05) is 0 Å². The van der Waals surface area contributed by atoms with Crippen molar-refractivity contribution in [1.29, 1.82) is 0 Å². The minimum Gasteiger partial charge on any atom is -0.273 e. The number of alkyl halides is 6. The van der Waals surface area contributed by atoms with Crippen LogP contribution in [0.3, 0.4) is 0 Å². The van der Waals surface area contributed by atoms with Gasteiger partial charge in [0.25, 0.3) is 0 Å². The Labute approximate surface area is 185 Å². The summed E-state index contributed by atoms with van der Waals surface area (Å²) in [6, 6.07) is 17.1. The van der Waals surface area contributed by atoms with E-state index >= 15 is 0 Å². The molecule has 1 N–H and O–H groups in total. The van der Waals surface area contributed by atoms with E-state index in [-0.39, 0.29) is 23.3 Å². The Morgan fingerprint density at radius 1 is 0.727 bits per heavy atom. The lowest BCUT2D eigenvalue weighted by Crippen LogP contribution is -2.21. The summed E-state index contributed by atoms with van der Waals surface area (Å²) in [7, 11) is 0. The third-order valence-electron chi connectivity index (χ3n) is 4.72. The summed E-state index contributed by atoms with van der Waals surface area (Å²) in [5, 5.41) is 3.96. The third kappa shape index (κ3) is 6.68. The highest BCUT2D eigenvalue weighted by Gasteiger charge is 2.32. The average Bonchev–Trinajstić information content (AvgIpc) is 2.78. The number of hydrogen-bond donors (Lipinski definition) is 1. The average molecular weight is 464 g/mol. The van der Waals surface area contributed by atoms with Crippen LogP contribution in [0.5, 0.6) is 0 Å². The minimum atomic E-state index is -4.62. The highest BCUT2D eigenvalue weighted by atomic mass is 19.4. The van der Waals surface area contributed by atoms with Crippen LogP contribution < -0.4 is 5.43 Å². The molecule has 9 heteroatoms. The second-order valence-corrected chi connectivity index (χ2v) is 7.13. The van der Waals surface area contributed by atoms with Crippen molar-refractivity contribution in [3.8, 4) is 0 Å². The number of amides is 1. The van der Waals surface area contributed by atoms with Gasteiger partial charge in [0.15, 0.2) is 0 Å². The Hall–Kier alpha value is -3.62. The van der Waals surface area contributed by atoms with Crippen molar-refractivity contribution >= 4 is 11.6 Å². The molecule has 0 aliphatic carbocycles. The van der Waals surface area contributed by atoms with E-state index < -0.39 is 29.4 Å². The second kappa shape index (κ2) is 9.89. The first kappa shape index (κ1) is 24.0. The van der Waals surface area contributed by atoms with Gasteiger partial charge in [-0.1, -0.05) is 54.6 Å². The van der Waals surface area contributed by atoms with Crippen molar-refractivity contribution in [3.63, 3.8) is 0 Å². The topological polar surface area (TPSA) is 41.5 Å². The molecule has 3 rings (SSSR count). The Bertz CT molecular complexity index is 1120. The van der Waals surface area contributed by atoms with Gasteiger partial charge < -0.3 is 0 Å². The van der Waals surface area contributed by atoms with Crippen LogP contribution >= 0.6 is 0 Å². The quantitative estimate of drug-likeness (QED) is 0.263. The molecular formula is C24H18F6N2O. The van der Waals surface area contributed by atoms with Gasteiger partial charge in [-0.05, 0) is 36.2 Å². The smallest absolute Gasteiger partial charge is 0.273 e. The van der Waals surface area contributed by atoms with Crippen LogP contribution in [0.25, 0.3) is 0 Å². The number of carbonyl (C=O) groups is 1. The fourth-order valence-electron chi connectivity index (χ4n) is 3.03. The van der Waals surface area contributed by atoms with Crippen molar-refractivity contribution < 1.29 is 31.1 Å². The molecule has 0 heterocycles. The predicted octanol–water partition coefficient (Wildman–Crippen LogP) is 6.23. The normalized spacial score (nSPS) is 12.5. The van der Waals surface area contributed by atoms with Crippen LogP contribution in [-0.2, 0) is 23.6 Å². The number of rotatable bonds is 6. The van der Waals surface area contributed by atoms with Crippen molar-refractivity contribution in [2.45, 2.75) is 25.2 Å². The maximum Gasteiger partial charge on any atom is 0.416 e. The molecule has 0 unspecified atom stereocenters. The van der Waals surface area contributed by atoms with E-state index in [0.29, 0.717) is 6.42 Å². The van der Waals surface area contributed by atoms with Crippen molar-refractivity contribution in [1.82, 2.24) is 5.43 Å². The summed E-state index contributed by atoms with van der Waals surface area (Å²) in [5.41, 5.74) is 1.36. The molecule has 1 amide bonds. The summed E-state index contributed by atoms with van der Waals surface area (Å²) < 4.78 is 78.2. The number of halogens is 6. The number of hydrazone groups is 1. The van der Waals surface area contributed by atoms with Gasteiger partial charge in [0.2, 0.25) is 5.91 Å². The number of benzene rings is 3. The molecule has 0 aliphatic rings. The third-order valence-corrected chi connectivity index (χ3v) is 4.72. The minimum absolute atomic E-state index is 0.00653. The highest BCUT2D eigenvalue weighted by molar-refractivity contribution is 6.13. The Morgan fingerprint density at radius 3 is 1.97 bits per heavy atom. The van der Waals surface area contributed by atoms with Crippen molar-refractivity contribution in [2.24, 2.45) is 5.10 Å². The van der Waals surface area contributed by atoms with Gasteiger partial charge in [0.05, 0.1) is 16.8 Å². The van der Waals surface area contributed by atoms with Gasteiger partial charge in [0, 0.05) is 17.5 Å². The van der Waals surface area contributed by atoms with Crippen LogP contribution in [0.4, 0.5) is 26.3 Å². The fraction of sp³-hybridized carbons (Fsp3) is 0.167. The molecule has 0 spiro atoms. The van der Waals surface area contributed by atoms with E-state index in [1.165, 1.54) is 6.07 Å². The van der Waals surface area contributed by atoms with Gasteiger partial charge in [0.1, 0.15) is 0 Å². The lowest BCUT2D eigenvalue weighted by molar-refractivity contribution is -0.138. The summed E-state index contributed by atoms with van der Waals surface area (Å²) in [4.78, 5) is 12.2. The molecular weight excluding hydrogens is 446 g/mol. The number of carbonyl (C=O) groups excluding carboxylic acids is 1. The number of nitrogens with one attached hydrogen (secondary N) is 1. The van der Waals surface area contributed by atoms with Crippen LogP contribution in [0.1, 0.15) is 34.2 Å². The van der Waals surface area contributed by atoms with E-state index in [9.17, 15) is 31.1 Å². The molecule has 33 heavy (non-hydrogen) atoms. The van der Waals surface area contributed by atoms with E-state index in [0.717, 1.165) is 48.0 Å². The van der Waals surface area contributed by atoms with Gasteiger partial charge in [-0.25, -0.2) is 5.43 Å². The molecule has 0 bridgehead atoms. The van der Waals surface area contributed by atoms with Gasteiger partial charge in [-0.15, -0.1) is 0 Å². The molecule has 0 radical (unpaired) electrons. The predicted molar refractivity (Wildman–Crippen MR) is 111 cm³/mol. The molecule has 0 atom stereocenters. The molecule has 3 nitrogen and oxygen atoms in total. The molecule has 0 saturated carbocycles. The van der Waals surface area contributed by atoms with E-state index in [1.807, 2.05) is 30.3 Å². The maximum atomic E-state index is 13.2. The molecule has 172 valence electrons. The maximum absolute atomic E-state index is 13.2. The zero-order chi connectivity index (χ0) is 24.1. The Balaban J connectivity index is 1.89. The summed E-state index contributed by atoms with van der Waals surface area (Å²) in [6.07, 6.45) is -8.71. The molecule has 0 aliphatic heterocycles. The van der Waals surface area contributed by atoms with E-state index in [2.05, 4.69) is 10.5 Å². The standard InChI is InChI=1S/C24H18F6N2O/c25-23(26,27)19-12-10-17(11-13-19)22(18-7-4-8-20(15-18)24(28,29)30)32-31-21(33)14-9-16-5-2-1-3-6-16/h1-8,10-13,15H,9,14H2,(H,31,33)/b32-22-. The van der Waals surface area contributed by atoms with Crippen LogP contribution in [0, 0.1) is 0 Å².